The van der Waals surface area contributed by atoms with E-state index in [1.54, 1.807) is 6.07 Å². The number of hydrogen-bond acceptors (Lipinski definition) is 2. The third-order valence-corrected chi connectivity index (χ3v) is 3.16. The number of nitrogens with zero attached hydrogens (tertiary/aromatic N) is 2. The number of aromatic nitrogens is 3. The van der Waals surface area contributed by atoms with Gasteiger partial charge >= 0.3 is 6.18 Å². The molecule has 2 heterocycles. The third-order valence-electron chi connectivity index (χ3n) is 2.97. The van der Waals surface area contributed by atoms with Gasteiger partial charge in [-0.05, 0) is 23.7 Å². The highest BCUT2D eigenvalue weighted by atomic mass is 35.5. The number of nitrogens with one attached hydrogen (secondary N) is 1. The van der Waals surface area contributed by atoms with E-state index in [9.17, 15) is 17.6 Å². The van der Waals surface area contributed by atoms with Crippen molar-refractivity contribution in [1.82, 2.24) is 15.0 Å². The number of hydrogen-bond donors (Lipinski definition) is 1. The van der Waals surface area contributed by atoms with Crippen LogP contribution in [-0.2, 0) is 6.18 Å². The lowest BCUT2D eigenvalue weighted by Gasteiger charge is -2.11. The molecule has 0 aliphatic heterocycles. The molecule has 8 heteroatoms. The average molecular weight is 316 g/mol. The van der Waals surface area contributed by atoms with Crippen LogP contribution in [0.15, 0.2) is 30.6 Å². The van der Waals surface area contributed by atoms with E-state index in [1.807, 2.05) is 0 Å². The molecule has 0 atom stereocenters. The first-order valence-electron chi connectivity index (χ1n) is 5.73. The minimum absolute atomic E-state index is 0.0141. The molecule has 0 fully saturated rings. The Balaban J connectivity index is 2.35. The minimum Gasteiger partial charge on any atom is -0.360 e. The number of halogens is 5. The zero-order valence-electron chi connectivity index (χ0n) is 10.2. The molecule has 21 heavy (non-hydrogen) atoms. The smallest absolute Gasteiger partial charge is 0.360 e. The Labute approximate surface area is 120 Å². The molecule has 108 valence electrons. The van der Waals surface area contributed by atoms with Crippen LogP contribution in [0, 0.1) is 5.82 Å². The summed E-state index contributed by atoms with van der Waals surface area (Å²) in [7, 11) is 0. The molecule has 0 spiro atoms. The van der Waals surface area contributed by atoms with Crippen LogP contribution in [0.1, 0.15) is 5.56 Å². The predicted octanol–water partition coefficient (Wildman–Crippen LogP) is 4.44. The quantitative estimate of drug-likeness (QED) is 0.533. The standard InChI is InChI=1S/C13H6ClF4N3/c14-12-20-5-7(13(16,17)18)11(21-12)6-4-19-9-3-1-2-8(15)10(6)9/h1-5,19H. The van der Waals surface area contributed by atoms with Crippen LogP contribution in [0.4, 0.5) is 17.6 Å². The van der Waals surface area contributed by atoms with E-state index in [0.717, 1.165) is 6.07 Å². The maximum atomic E-state index is 13.9. The van der Waals surface area contributed by atoms with Gasteiger partial charge in [-0.3, -0.25) is 0 Å². The van der Waals surface area contributed by atoms with Crippen LogP contribution in [-0.4, -0.2) is 15.0 Å². The highest BCUT2D eigenvalue weighted by Gasteiger charge is 2.36. The van der Waals surface area contributed by atoms with Crippen LogP contribution in [0.25, 0.3) is 22.2 Å². The highest BCUT2D eigenvalue weighted by molar-refractivity contribution is 6.28. The van der Waals surface area contributed by atoms with E-state index in [0.29, 0.717) is 11.7 Å². The molecule has 0 radical (unpaired) electrons. The summed E-state index contributed by atoms with van der Waals surface area (Å²) < 4.78 is 53.1. The molecule has 0 amide bonds. The maximum absolute atomic E-state index is 13.9. The van der Waals surface area contributed by atoms with Crippen molar-refractivity contribution < 1.29 is 17.6 Å². The predicted molar refractivity (Wildman–Crippen MR) is 69.3 cm³/mol. The van der Waals surface area contributed by atoms with Crippen molar-refractivity contribution in [2.24, 2.45) is 0 Å². The topological polar surface area (TPSA) is 41.6 Å². The Hall–Kier alpha value is -2.15. The fourth-order valence-corrected chi connectivity index (χ4v) is 2.23. The Kier molecular flexibility index (Phi) is 3.09. The summed E-state index contributed by atoms with van der Waals surface area (Å²) in [6, 6.07) is 4.17. The molecule has 3 aromatic rings. The summed E-state index contributed by atoms with van der Waals surface area (Å²) in [5, 5.41) is -0.318. The molecule has 1 aromatic carbocycles. The lowest BCUT2D eigenvalue weighted by Crippen LogP contribution is -2.09. The van der Waals surface area contributed by atoms with Crippen LogP contribution in [0.5, 0.6) is 0 Å². The number of H-pyrrole nitrogens is 1. The zero-order valence-corrected chi connectivity index (χ0v) is 10.9. The van der Waals surface area contributed by atoms with Gasteiger partial charge in [-0.1, -0.05) is 6.07 Å². The van der Waals surface area contributed by atoms with Gasteiger partial charge in [0.1, 0.15) is 11.4 Å². The van der Waals surface area contributed by atoms with Gasteiger partial charge in [0.2, 0.25) is 5.28 Å². The summed E-state index contributed by atoms with van der Waals surface area (Å²) in [5.41, 5.74) is -1.18. The lowest BCUT2D eigenvalue weighted by molar-refractivity contribution is -0.137. The molecule has 0 aliphatic rings. The van der Waals surface area contributed by atoms with Crippen molar-refractivity contribution in [1.29, 1.82) is 0 Å². The van der Waals surface area contributed by atoms with E-state index in [-0.39, 0.29) is 16.2 Å². The SMILES string of the molecule is Fc1cccc2[nH]cc(-c3nc(Cl)ncc3C(F)(F)F)c12. The van der Waals surface area contributed by atoms with Gasteiger partial charge < -0.3 is 4.98 Å². The molecular formula is C13H6ClF4N3. The van der Waals surface area contributed by atoms with Crippen molar-refractivity contribution in [2.45, 2.75) is 6.18 Å². The third kappa shape index (κ3) is 2.33. The lowest BCUT2D eigenvalue weighted by atomic mass is 10.1. The van der Waals surface area contributed by atoms with Gasteiger partial charge in [0, 0.05) is 28.9 Å². The van der Waals surface area contributed by atoms with Gasteiger partial charge in [0.05, 0.1) is 5.69 Å². The molecule has 1 N–H and O–H groups in total. The molecular weight excluding hydrogens is 310 g/mol. The summed E-state index contributed by atoms with van der Waals surface area (Å²) >= 11 is 5.58. The van der Waals surface area contributed by atoms with Crippen molar-refractivity contribution in [3.63, 3.8) is 0 Å². The van der Waals surface area contributed by atoms with Crippen LogP contribution in [0.2, 0.25) is 5.28 Å². The number of aromatic amines is 1. The molecule has 3 nitrogen and oxygen atoms in total. The number of fused-ring (bicyclic) bond motifs is 1. The second-order valence-electron chi connectivity index (χ2n) is 4.26. The fraction of sp³-hybridized carbons (Fsp3) is 0.0769. The van der Waals surface area contributed by atoms with Crippen molar-refractivity contribution in [3.8, 4) is 11.3 Å². The number of benzene rings is 1. The second-order valence-corrected chi connectivity index (χ2v) is 4.60. The Morgan fingerprint density at radius 3 is 2.67 bits per heavy atom. The normalized spacial score (nSPS) is 12.0. The van der Waals surface area contributed by atoms with Crippen molar-refractivity contribution in [2.75, 3.05) is 0 Å². The van der Waals surface area contributed by atoms with Crippen molar-refractivity contribution >= 4 is 22.5 Å². The van der Waals surface area contributed by atoms with Crippen LogP contribution >= 0.6 is 11.6 Å². The van der Waals surface area contributed by atoms with Gasteiger partial charge in [-0.2, -0.15) is 13.2 Å². The first kappa shape index (κ1) is 13.8. The minimum atomic E-state index is -4.67. The largest absolute Gasteiger partial charge is 0.419 e. The van der Waals surface area contributed by atoms with E-state index < -0.39 is 23.3 Å². The summed E-state index contributed by atoms with van der Waals surface area (Å²) in [6.07, 6.45) is -2.82. The van der Waals surface area contributed by atoms with Gasteiger partial charge in [-0.25, -0.2) is 14.4 Å². The van der Waals surface area contributed by atoms with Crippen LogP contribution < -0.4 is 0 Å². The average Bonchev–Trinajstić information content (AvgIpc) is 2.82. The van der Waals surface area contributed by atoms with Gasteiger partial charge in [0.15, 0.2) is 0 Å². The van der Waals surface area contributed by atoms with E-state index in [2.05, 4.69) is 15.0 Å². The molecule has 0 aliphatic carbocycles. The molecule has 0 saturated heterocycles. The number of alkyl halides is 3. The summed E-state index contributed by atoms with van der Waals surface area (Å²) in [4.78, 5) is 9.68. The number of rotatable bonds is 1. The van der Waals surface area contributed by atoms with E-state index in [4.69, 9.17) is 11.6 Å². The molecule has 0 saturated carbocycles. The van der Waals surface area contributed by atoms with Crippen LogP contribution in [0.3, 0.4) is 0 Å². The van der Waals surface area contributed by atoms with Crippen molar-refractivity contribution in [3.05, 3.63) is 47.3 Å². The highest BCUT2D eigenvalue weighted by Crippen LogP contribution is 2.39. The molecule has 0 bridgehead atoms. The molecule has 3 rings (SSSR count). The second kappa shape index (κ2) is 4.70. The summed E-state index contributed by atoms with van der Waals surface area (Å²) in [5.74, 6) is -0.647. The van der Waals surface area contributed by atoms with E-state index in [1.165, 1.54) is 12.3 Å². The molecule has 0 unspecified atom stereocenters. The zero-order chi connectivity index (χ0) is 15.2. The monoisotopic (exact) mass is 315 g/mol. The Morgan fingerprint density at radius 2 is 1.95 bits per heavy atom. The molecule has 2 aromatic heterocycles. The van der Waals surface area contributed by atoms with Gasteiger partial charge in [-0.15, -0.1) is 0 Å². The first-order valence-corrected chi connectivity index (χ1v) is 6.11. The Morgan fingerprint density at radius 1 is 1.19 bits per heavy atom. The summed E-state index contributed by atoms with van der Waals surface area (Å²) in [6.45, 7) is 0. The first-order chi connectivity index (χ1) is 9.88. The maximum Gasteiger partial charge on any atom is 0.419 e. The van der Waals surface area contributed by atoms with Gasteiger partial charge in [0.25, 0.3) is 0 Å². The van der Waals surface area contributed by atoms with E-state index >= 15 is 0 Å². The fourth-order valence-electron chi connectivity index (χ4n) is 2.10. The Bertz CT molecular complexity index is 826.